The number of nitrogens with zero attached hydrogens (tertiary/aromatic N) is 4. The first-order valence-corrected chi connectivity index (χ1v) is 22.6. The summed E-state index contributed by atoms with van der Waals surface area (Å²) in [5.41, 5.74) is 13.6. The number of rotatable bonds is 8. The van der Waals surface area contributed by atoms with Crippen LogP contribution in [-0.2, 0) is 25.8 Å². The summed E-state index contributed by atoms with van der Waals surface area (Å²) in [6.07, 6.45) is 3.51. The summed E-state index contributed by atoms with van der Waals surface area (Å²) in [5, 5.41) is 1.96. The molecule has 11 aromatic rings. The molecule has 0 bridgehead atoms. The summed E-state index contributed by atoms with van der Waals surface area (Å²) >= 11 is 2.53. The summed E-state index contributed by atoms with van der Waals surface area (Å²) in [7, 11) is 0. The monoisotopic (exact) mass is 1010 g/mol. The molecular weight excluding hydrogens is 964 g/mol. The maximum absolute atomic E-state index is 8.53. The van der Waals surface area contributed by atoms with Crippen molar-refractivity contribution in [2.45, 2.75) is 25.7 Å². The van der Waals surface area contributed by atoms with Gasteiger partial charge in [0.2, 0.25) is 0 Å². The molecule has 0 aliphatic heterocycles. The molecule has 1 atom stereocenters. The molecule has 1 unspecified atom stereocenters. The zero-order chi connectivity index (χ0) is 45.2. The Morgan fingerprint density at radius 3 is 1.91 bits per heavy atom. The third-order valence-corrected chi connectivity index (χ3v) is 13.6. The van der Waals surface area contributed by atoms with Crippen molar-refractivity contribution in [3.63, 3.8) is 0 Å². The Bertz CT molecular complexity index is 3690. The van der Waals surface area contributed by atoms with Gasteiger partial charge >= 0.3 is 289 Å². The Balaban J connectivity index is 0.959. The van der Waals surface area contributed by atoms with Crippen LogP contribution in [0.1, 0.15) is 33.3 Å². The van der Waals surface area contributed by atoms with E-state index in [9.17, 15) is 0 Å². The number of aromatic nitrogens is 4. The molecule has 12 rings (SSSR count). The molecule has 1 aliphatic carbocycles. The number of ether oxygens (including phenoxy) is 1. The van der Waals surface area contributed by atoms with Crippen molar-refractivity contribution in [2.75, 3.05) is 0 Å². The number of fused-ring (bicyclic) bond motifs is 5. The van der Waals surface area contributed by atoms with Gasteiger partial charge in [0.05, 0.1) is 0 Å². The van der Waals surface area contributed by atoms with Crippen LogP contribution in [0.3, 0.4) is 0 Å². The van der Waals surface area contributed by atoms with Gasteiger partial charge in [0.15, 0.2) is 0 Å². The molecule has 64 heavy (non-hydrogen) atoms. The number of pyridine rings is 1. The third kappa shape index (κ3) is 6.42. The van der Waals surface area contributed by atoms with Crippen LogP contribution in [0.4, 0.5) is 0 Å². The molecule has 3 heterocycles. The Hall–Kier alpha value is -7.33. The van der Waals surface area contributed by atoms with Gasteiger partial charge in [-0.3, -0.25) is 0 Å². The van der Waals surface area contributed by atoms with Gasteiger partial charge in [-0.25, -0.2) is 4.98 Å². The second kappa shape index (κ2) is 15.8. The predicted molar refractivity (Wildman–Crippen MR) is 255 cm³/mol. The molecule has 0 radical (unpaired) electrons. The average molecular weight is 1010 g/mol. The van der Waals surface area contributed by atoms with Gasteiger partial charge in [-0.2, -0.15) is 0 Å². The van der Waals surface area contributed by atoms with E-state index in [4.69, 9.17) is 13.8 Å². The van der Waals surface area contributed by atoms with E-state index in [0.29, 0.717) is 22.9 Å². The van der Waals surface area contributed by atoms with Crippen molar-refractivity contribution >= 4 is 32.8 Å². The molecule has 8 aromatic carbocycles. The molecule has 0 saturated carbocycles. The van der Waals surface area contributed by atoms with Gasteiger partial charge in [-0.15, -0.1) is 0 Å². The van der Waals surface area contributed by atoms with Crippen molar-refractivity contribution in [1.29, 1.82) is 0 Å². The van der Waals surface area contributed by atoms with E-state index in [1.165, 1.54) is 5.56 Å². The quantitative estimate of drug-likeness (QED) is 0.142. The minimum absolute atomic E-state index is 0.00704. The van der Waals surface area contributed by atoms with Gasteiger partial charge in [-0.05, 0) is 30.1 Å². The van der Waals surface area contributed by atoms with Gasteiger partial charge < -0.3 is 0 Å². The van der Waals surface area contributed by atoms with Crippen molar-refractivity contribution < 1.29 is 28.2 Å². The van der Waals surface area contributed by atoms with E-state index in [0.717, 1.165) is 88.6 Å². The van der Waals surface area contributed by atoms with Gasteiger partial charge in [-0.1, -0.05) is 48.5 Å². The first kappa shape index (κ1) is 35.2. The molecule has 6 heteroatoms. The van der Waals surface area contributed by atoms with E-state index >= 15 is 0 Å². The fourth-order valence-electron chi connectivity index (χ4n) is 9.62. The van der Waals surface area contributed by atoms with Crippen LogP contribution >= 0.6 is 0 Å². The molecule has 310 valence electrons. The van der Waals surface area contributed by atoms with Crippen LogP contribution < -0.4 is 4.74 Å². The Morgan fingerprint density at radius 1 is 0.594 bits per heavy atom. The summed E-state index contributed by atoms with van der Waals surface area (Å²) < 4.78 is 40.3. The van der Waals surface area contributed by atoms with Crippen molar-refractivity contribution in [3.05, 3.63) is 227 Å². The maximum atomic E-state index is 8.53. The summed E-state index contributed by atoms with van der Waals surface area (Å²) in [5.74, 6) is 1.61. The third-order valence-electron chi connectivity index (χ3n) is 12.5. The molecule has 0 spiro atoms. The molecule has 0 N–H and O–H groups in total. The number of aryl methyl sites for hydroxylation is 2. The fourth-order valence-corrected chi connectivity index (χ4v) is 10.8. The van der Waals surface area contributed by atoms with Crippen LogP contribution in [0.25, 0.3) is 77.7 Å². The van der Waals surface area contributed by atoms with Crippen molar-refractivity contribution in [2.24, 2.45) is 0 Å². The molecule has 1 aliphatic rings. The van der Waals surface area contributed by atoms with E-state index in [1.54, 1.807) is 12.3 Å². The van der Waals surface area contributed by atoms with Gasteiger partial charge in [0.25, 0.3) is 0 Å². The topological polar surface area (TPSA) is 36.9 Å². The molecule has 5 nitrogen and oxygen atoms in total. The Morgan fingerprint density at radius 2 is 1.20 bits per heavy atom. The molecule has 3 aromatic heterocycles. The number of hydrogen-bond acceptors (Lipinski definition) is 2. The van der Waals surface area contributed by atoms with E-state index in [2.05, 4.69) is 156 Å². The summed E-state index contributed by atoms with van der Waals surface area (Å²) in [6, 6.07) is 71.5. The number of benzene rings is 8. The van der Waals surface area contributed by atoms with Crippen LogP contribution in [0, 0.1) is 22.8 Å². The van der Waals surface area contributed by atoms with Crippen LogP contribution in [0.2, 0.25) is 0 Å². The van der Waals surface area contributed by atoms with E-state index in [1.807, 2.05) is 71.3 Å². The zero-order valence-electron chi connectivity index (χ0n) is 37.5. The standard InChI is InChI=1S/C58H40N4O.Pt/c1-39-34-57(59-37-51(39)42-20-9-4-10-21-42)62-53-25-12-11-22-48(53)49-32-31-45(36-56(49)62)63-44-30-28-43-29-33-52(50(43)35-44)60-38-61(55-27-14-13-26-54(55)60)58-46(40-16-5-2-6-17-40)23-15-24-47(58)41-18-7-3-8-19-41;/h2-28,30-32,34,37,52H,29,33H2,1H3;/q-2;/i1D3;. The summed E-state index contributed by atoms with van der Waals surface area (Å²) in [6.45, 7) is -2.37. The zero-order valence-corrected chi connectivity index (χ0v) is 36.8. The van der Waals surface area contributed by atoms with Crippen molar-refractivity contribution in [1.82, 2.24) is 18.7 Å². The average Bonchev–Trinajstić information content (AvgIpc) is 4.02. The number of para-hydroxylation sites is 4. The first-order chi connectivity index (χ1) is 32.8. The van der Waals surface area contributed by atoms with Crippen LogP contribution in [-0.4, -0.2) is 18.7 Å². The molecule has 0 amide bonds. The number of imidazole rings is 1. The molecular formula is C58H40N4OPt-2. The van der Waals surface area contributed by atoms with E-state index in [-0.39, 0.29) is 11.6 Å². The SMILES string of the molecule is [2H]C([2H])([2H])c1cc(-n2c3[c-]c(Oc4[c-]c5c(cc4)CCC5n4[c](=[Pt])n(-c5c(-c6ccccc6)cccc5-c5ccccc5)c5ccccc54)ccc3c3ccccc32)ncc1-c1ccccc1. The smallest absolute Gasteiger partial charge is 0.238 e. The molecule has 0 fully saturated rings. The van der Waals surface area contributed by atoms with Gasteiger partial charge in [0, 0.05) is 15.9 Å². The van der Waals surface area contributed by atoms with Crippen molar-refractivity contribution in [3.8, 4) is 56.4 Å². The summed E-state index contributed by atoms with van der Waals surface area (Å²) in [4.78, 5) is 4.89. The van der Waals surface area contributed by atoms with E-state index < -0.39 is 6.85 Å². The van der Waals surface area contributed by atoms with Crippen LogP contribution in [0.15, 0.2) is 194 Å². The molecule has 0 saturated heterocycles. The van der Waals surface area contributed by atoms with Crippen LogP contribution in [0.5, 0.6) is 11.5 Å². The number of hydrogen-bond donors (Lipinski definition) is 0. The van der Waals surface area contributed by atoms with Gasteiger partial charge in [0.1, 0.15) is 0 Å². The Labute approximate surface area is 386 Å². The minimum atomic E-state index is -2.37. The normalized spacial score (nSPS) is 14.4. The Kier molecular flexibility index (Phi) is 8.67. The fraction of sp³-hybridized carbons (Fsp3) is 0.0690. The first-order valence-electron chi connectivity index (χ1n) is 23.0. The predicted octanol–water partition coefficient (Wildman–Crippen LogP) is 14.2. The second-order valence-corrected chi connectivity index (χ2v) is 17.2. The minimum Gasteiger partial charge on any atom is -0.238 e. The second-order valence-electron chi connectivity index (χ2n) is 16.2.